The summed E-state index contributed by atoms with van der Waals surface area (Å²) in [5.41, 5.74) is 0.342. The Balaban J connectivity index is 2.78. The first-order valence-corrected chi connectivity index (χ1v) is 5.83. The molecule has 1 rings (SSSR count). The number of aromatic nitrogens is 1. The van der Waals surface area contributed by atoms with Crippen molar-refractivity contribution in [3.05, 3.63) is 29.0 Å². The highest BCUT2D eigenvalue weighted by atomic mass is 35.5. The Morgan fingerprint density at radius 2 is 2.06 bits per heavy atom. The number of ether oxygens (including phenoxy) is 1. The summed E-state index contributed by atoms with van der Waals surface area (Å²) in [6, 6.07) is 2.37. The Kier molecular flexibility index (Phi) is 5.09. The molecule has 1 aromatic rings. The molecule has 1 N–H and O–H groups in total. The number of hydrogen-bond donors (Lipinski definition) is 1. The van der Waals surface area contributed by atoms with Crippen molar-refractivity contribution in [3.8, 4) is 0 Å². The van der Waals surface area contributed by atoms with E-state index in [0.717, 1.165) is 0 Å². The van der Waals surface area contributed by atoms with E-state index in [2.05, 4.69) is 15.0 Å². The van der Waals surface area contributed by atoms with Crippen LogP contribution in [0.2, 0.25) is 5.15 Å². The number of nitrogens with zero attached hydrogens (tertiary/aromatic N) is 1. The Morgan fingerprint density at radius 3 is 2.50 bits per heavy atom. The summed E-state index contributed by atoms with van der Waals surface area (Å²) in [6.45, 7) is 3.64. The molecule has 1 aromatic heterocycles. The quantitative estimate of drug-likeness (QED) is 0.667. The van der Waals surface area contributed by atoms with Crippen molar-refractivity contribution < 1.29 is 14.3 Å². The van der Waals surface area contributed by atoms with Gasteiger partial charge in [0, 0.05) is 6.20 Å². The van der Waals surface area contributed by atoms with Gasteiger partial charge in [-0.25, -0.2) is 9.78 Å². The molecule has 98 valence electrons. The molecular formula is C12H15ClN2O3. The van der Waals surface area contributed by atoms with Gasteiger partial charge < -0.3 is 10.1 Å². The third-order valence-corrected chi connectivity index (χ3v) is 2.62. The summed E-state index contributed by atoms with van der Waals surface area (Å²) in [4.78, 5) is 27.2. The summed E-state index contributed by atoms with van der Waals surface area (Å²) in [5, 5.41) is 2.91. The van der Waals surface area contributed by atoms with Crippen molar-refractivity contribution in [3.63, 3.8) is 0 Å². The van der Waals surface area contributed by atoms with Gasteiger partial charge in [-0.1, -0.05) is 25.4 Å². The smallest absolute Gasteiger partial charge is 0.328 e. The predicted octanol–water partition coefficient (Wildman–Crippen LogP) is 1.66. The molecule has 0 saturated heterocycles. The highest BCUT2D eigenvalue weighted by molar-refractivity contribution is 6.29. The summed E-state index contributed by atoms with van der Waals surface area (Å²) >= 11 is 5.63. The van der Waals surface area contributed by atoms with E-state index >= 15 is 0 Å². The van der Waals surface area contributed by atoms with Gasteiger partial charge in [0.25, 0.3) is 5.91 Å². The number of pyridine rings is 1. The fourth-order valence-electron chi connectivity index (χ4n) is 1.36. The van der Waals surface area contributed by atoms with E-state index in [1.165, 1.54) is 19.4 Å². The van der Waals surface area contributed by atoms with Gasteiger partial charge in [0.2, 0.25) is 0 Å². The van der Waals surface area contributed by atoms with Gasteiger partial charge in [-0.15, -0.1) is 0 Å². The largest absolute Gasteiger partial charge is 0.467 e. The monoisotopic (exact) mass is 270 g/mol. The lowest BCUT2D eigenvalue weighted by atomic mass is 10.0. The number of nitrogens with one attached hydrogen (secondary N) is 1. The molecule has 0 spiro atoms. The minimum Gasteiger partial charge on any atom is -0.467 e. The van der Waals surface area contributed by atoms with Crippen molar-refractivity contribution in [1.29, 1.82) is 0 Å². The summed E-state index contributed by atoms with van der Waals surface area (Å²) in [6.07, 6.45) is 1.35. The Morgan fingerprint density at radius 1 is 1.39 bits per heavy atom. The van der Waals surface area contributed by atoms with Crippen LogP contribution in [0.1, 0.15) is 24.2 Å². The van der Waals surface area contributed by atoms with Gasteiger partial charge in [-0.05, 0) is 18.1 Å². The fourth-order valence-corrected chi connectivity index (χ4v) is 1.47. The molecule has 0 aliphatic rings. The molecule has 5 nitrogen and oxygen atoms in total. The van der Waals surface area contributed by atoms with Crippen LogP contribution < -0.4 is 5.32 Å². The number of carbonyl (C=O) groups excluding carboxylic acids is 2. The highest BCUT2D eigenvalue weighted by Gasteiger charge is 2.25. The Hall–Kier alpha value is -1.62. The fraction of sp³-hybridized carbons (Fsp3) is 0.417. The molecule has 0 aliphatic heterocycles. The van der Waals surface area contributed by atoms with Crippen LogP contribution in [0.25, 0.3) is 0 Å². The van der Waals surface area contributed by atoms with Crippen LogP contribution in [0.4, 0.5) is 0 Å². The summed E-state index contributed by atoms with van der Waals surface area (Å²) in [5.74, 6) is -0.926. The van der Waals surface area contributed by atoms with Crippen LogP contribution in [0.15, 0.2) is 18.3 Å². The van der Waals surface area contributed by atoms with Gasteiger partial charge >= 0.3 is 5.97 Å². The number of esters is 1. The summed E-state index contributed by atoms with van der Waals surface area (Å²) < 4.78 is 4.64. The van der Waals surface area contributed by atoms with E-state index in [9.17, 15) is 9.59 Å². The molecule has 6 heteroatoms. The average molecular weight is 271 g/mol. The molecule has 0 saturated carbocycles. The maximum atomic E-state index is 11.9. The van der Waals surface area contributed by atoms with Gasteiger partial charge in [-0.2, -0.15) is 0 Å². The number of halogens is 1. The van der Waals surface area contributed by atoms with E-state index in [0.29, 0.717) is 10.7 Å². The number of carbonyl (C=O) groups is 2. The van der Waals surface area contributed by atoms with E-state index < -0.39 is 12.0 Å². The molecule has 1 atom stereocenters. The number of rotatable bonds is 4. The summed E-state index contributed by atoms with van der Waals surface area (Å²) in [7, 11) is 1.29. The van der Waals surface area contributed by atoms with Gasteiger partial charge in [-0.3, -0.25) is 4.79 Å². The molecule has 0 bridgehead atoms. The zero-order valence-electron chi connectivity index (χ0n) is 10.4. The highest BCUT2D eigenvalue weighted by Crippen LogP contribution is 2.08. The van der Waals surface area contributed by atoms with Crippen molar-refractivity contribution in [2.45, 2.75) is 19.9 Å². The first-order valence-electron chi connectivity index (χ1n) is 5.46. The zero-order valence-corrected chi connectivity index (χ0v) is 11.2. The number of hydrogen-bond acceptors (Lipinski definition) is 4. The molecule has 0 radical (unpaired) electrons. The molecule has 1 heterocycles. The number of methoxy groups -OCH3 is 1. The second kappa shape index (κ2) is 6.35. The van der Waals surface area contributed by atoms with Crippen molar-refractivity contribution in [2.24, 2.45) is 5.92 Å². The minimum atomic E-state index is -0.682. The molecule has 0 aliphatic carbocycles. The first kappa shape index (κ1) is 14.4. The van der Waals surface area contributed by atoms with E-state index in [4.69, 9.17) is 11.6 Å². The molecular weight excluding hydrogens is 256 g/mol. The lowest BCUT2D eigenvalue weighted by Crippen LogP contribution is -2.45. The molecule has 1 amide bonds. The van der Waals surface area contributed by atoms with Gasteiger partial charge in [0.1, 0.15) is 11.2 Å². The minimum absolute atomic E-state index is 0.0679. The average Bonchev–Trinajstić information content (AvgIpc) is 2.35. The SMILES string of the molecule is COC(=O)C(NC(=O)c1ccc(Cl)nc1)C(C)C. The molecule has 18 heavy (non-hydrogen) atoms. The van der Waals surface area contributed by atoms with E-state index in [1.807, 2.05) is 13.8 Å². The second-order valence-corrected chi connectivity index (χ2v) is 4.48. The van der Waals surface area contributed by atoms with Gasteiger partial charge in [0.05, 0.1) is 12.7 Å². The van der Waals surface area contributed by atoms with Crippen LogP contribution >= 0.6 is 11.6 Å². The normalized spacial score (nSPS) is 12.1. The third-order valence-electron chi connectivity index (χ3n) is 2.40. The first-order chi connectivity index (χ1) is 8.45. The topological polar surface area (TPSA) is 68.3 Å². The predicted molar refractivity (Wildman–Crippen MR) is 67.4 cm³/mol. The maximum absolute atomic E-state index is 11.9. The lowest BCUT2D eigenvalue weighted by molar-refractivity contribution is -0.144. The van der Waals surface area contributed by atoms with Crippen LogP contribution in [0.5, 0.6) is 0 Å². The molecule has 0 aromatic carbocycles. The third kappa shape index (κ3) is 3.70. The zero-order chi connectivity index (χ0) is 13.7. The molecule has 1 unspecified atom stereocenters. The van der Waals surface area contributed by atoms with Crippen LogP contribution in [-0.4, -0.2) is 30.0 Å². The maximum Gasteiger partial charge on any atom is 0.328 e. The molecule has 0 fully saturated rings. The van der Waals surface area contributed by atoms with Crippen molar-refractivity contribution in [1.82, 2.24) is 10.3 Å². The lowest BCUT2D eigenvalue weighted by Gasteiger charge is -2.19. The van der Waals surface area contributed by atoms with E-state index in [-0.39, 0.29) is 11.8 Å². The van der Waals surface area contributed by atoms with Gasteiger partial charge in [0.15, 0.2) is 0 Å². The van der Waals surface area contributed by atoms with Crippen molar-refractivity contribution >= 4 is 23.5 Å². The van der Waals surface area contributed by atoms with Crippen molar-refractivity contribution in [2.75, 3.05) is 7.11 Å². The van der Waals surface area contributed by atoms with Crippen LogP contribution in [0.3, 0.4) is 0 Å². The Bertz CT molecular complexity index is 431. The number of amides is 1. The van der Waals surface area contributed by atoms with Crippen LogP contribution in [0, 0.1) is 5.92 Å². The standard InChI is InChI=1S/C12H15ClN2O3/c1-7(2)10(12(17)18-3)15-11(16)8-4-5-9(13)14-6-8/h4-7,10H,1-3H3,(H,15,16). The second-order valence-electron chi connectivity index (χ2n) is 4.09. The van der Waals surface area contributed by atoms with E-state index in [1.54, 1.807) is 6.07 Å². The van der Waals surface area contributed by atoms with Crippen LogP contribution in [-0.2, 0) is 9.53 Å². The Labute approximate surface area is 110 Å².